The molecule has 0 fully saturated rings. The molecule has 3 aromatic rings. The number of thiophene rings is 1. The molecule has 0 aliphatic carbocycles. The highest BCUT2D eigenvalue weighted by Gasteiger charge is 2.14. The summed E-state index contributed by atoms with van der Waals surface area (Å²) in [5, 5.41) is 12.4. The maximum Gasteiger partial charge on any atom is 0.107 e. The van der Waals surface area contributed by atoms with Gasteiger partial charge in [0, 0.05) is 29.7 Å². The number of rotatable bonds is 2. The number of aliphatic hydroxyl groups excluding tert-OH is 1. The van der Waals surface area contributed by atoms with Crippen LogP contribution in [0, 0.1) is 6.92 Å². The number of aromatic nitrogens is 2. The number of pyridine rings is 2. The van der Waals surface area contributed by atoms with Crippen LogP contribution in [0.1, 0.15) is 22.8 Å². The third kappa shape index (κ3) is 1.89. The maximum absolute atomic E-state index is 10.4. The van der Waals surface area contributed by atoms with E-state index in [0.29, 0.717) is 0 Å². The maximum atomic E-state index is 10.4. The van der Waals surface area contributed by atoms with Crippen molar-refractivity contribution >= 4 is 21.6 Å². The lowest BCUT2D eigenvalue weighted by atomic mass is 10.0. The fourth-order valence-electron chi connectivity index (χ4n) is 1.95. The normalized spacial score (nSPS) is 12.8. The third-order valence-corrected chi connectivity index (χ3v) is 3.87. The molecule has 1 unspecified atom stereocenters. The standard InChI is InChI=1S/C14H12N2OS/c1-9-2-4-15-8-11(9)14(17)10-6-13-12(16-7-10)3-5-18-13/h2-8,14,17H,1H3. The second-order valence-electron chi connectivity index (χ2n) is 4.21. The Hall–Kier alpha value is -1.78. The minimum atomic E-state index is -0.669. The van der Waals surface area contributed by atoms with Crippen LogP contribution < -0.4 is 0 Å². The number of aryl methyl sites for hydroxylation is 1. The summed E-state index contributed by atoms with van der Waals surface area (Å²) in [5.41, 5.74) is 3.64. The largest absolute Gasteiger partial charge is 0.384 e. The van der Waals surface area contributed by atoms with Gasteiger partial charge in [-0.05, 0) is 36.1 Å². The van der Waals surface area contributed by atoms with E-state index in [1.165, 1.54) is 0 Å². The highest BCUT2D eigenvalue weighted by molar-refractivity contribution is 7.17. The summed E-state index contributed by atoms with van der Waals surface area (Å²) >= 11 is 1.63. The second-order valence-corrected chi connectivity index (χ2v) is 5.16. The Morgan fingerprint density at radius 1 is 1.28 bits per heavy atom. The SMILES string of the molecule is Cc1ccncc1C(O)c1cnc2ccsc2c1. The molecule has 3 rings (SSSR count). The third-order valence-electron chi connectivity index (χ3n) is 3.01. The molecule has 1 atom stereocenters. The molecule has 0 saturated carbocycles. The van der Waals surface area contributed by atoms with E-state index >= 15 is 0 Å². The Labute approximate surface area is 109 Å². The Morgan fingerprint density at radius 3 is 3.00 bits per heavy atom. The van der Waals surface area contributed by atoms with Crippen molar-refractivity contribution in [2.45, 2.75) is 13.0 Å². The molecule has 18 heavy (non-hydrogen) atoms. The van der Waals surface area contributed by atoms with Gasteiger partial charge in [-0.2, -0.15) is 0 Å². The van der Waals surface area contributed by atoms with Crippen LogP contribution >= 0.6 is 11.3 Å². The van der Waals surface area contributed by atoms with Gasteiger partial charge >= 0.3 is 0 Å². The van der Waals surface area contributed by atoms with Gasteiger partial charge in [-0.25, -0.2) is 0 Å². The van der Waals surface area contributed by atoms with Crippen molar-refractivity contribution in [1.29, 1.82) is 0 Å². The van der Waals surface area contributed by atoms with Crippen LogP contribution in [0.25, 0.3) is 10.2 Å². The number of hydrogen-bond acceptors (Lipinski definition) is 4. The molecule has 1 N–H and O–H groups in total. The molecular formula is C14H12N2OS. The van der Waals surface area contributed by atoms with E-state index < -0.39 is 6.10 Å². The van der Waals surface area contributed by atoms with Crippen molar-refractivity contribution in [3.63, 3.8) is 0 Å². The smallest absolute Gasteiger partial charge is 0.107 e. The van der Waals surface area contributed by atoms with Crippen molar-refractivity contribution in [1.82, 2.24) is 9.97 Å². The molecule has 0 aromatic carbocycles. The lowest BCUT2D eigenvalue weighted by molar-refractivity contribution is 0.219. The van der Waals surface area contributed by atoms with Crippen LogP contribution in [0.4, 0.5) is 0 Å². The summed E-state index contributed by atoms with van der Waals surface area (Å²) in [4.78, 5) is 8.41. The fourth-order valence-corrected chi connectivity index (χ4v) is 2.74. The van der Waals surface area contributed by atoms with Gasteiger partial charge in [-0.3, -0.25) is 9.97 Å². The highest BCUT2D eigenvalue weighted by Crippen LogP contribution is 2.27. The predicted octanol–water partition coefficient (Wildman–Crippen LogP) is 3.08. The molecule has 0 amide bonds. The molecule has 0 spiro atoms. The van der Waals surface area contributed by atoms with Gasteiger partial charge in [0.15, 0.2) is 0 Å². The quantitative estimate of drug-likeness (QED) is 0.766. The van der Waals surface area contributed by atoms with Gasteiger partial charge in [0.1, 0.15) is 6.10 Å². The number of fused-ring (bicyclic) bond motifs is 1. The highest BCUT2D eigenvalue weighted by atomic mass is 32.1. The Kier molecular flexibility index (Phi) is 2.81. The molecule has 3 aromatic heterocycles. The molecule has 0 aliphatic heterocycles. The number of nitrogens with zero attached hydrogens (tertiary/aromatic N) is 2. The van der Waals surface area contributed by atoms with Crippen molar-refractivity contribution in [3.05, 3.63) is 58.9 Å². The Morgan fingerprint density at radius 2 is 2.17 bits per heavy atom. The Balaban J connectivity index is 2.06. The van der Waals surface area contributed by atoms with Gasteiger partial charge in [0.25, 0.3) is 0 Å². The summed E-state index contributed by atoms with van der Waals surface area (Å²) in [6.45, 7) is 1.97. The van der Waals surface area contributed by atoms with E-state index in [4.69, 9.17) is 0 Å². The topological polar surface area (TPSA) is 46.0 Å². The van der Waals surface area contributed by atoms with Crippen LogP contribution in [0.3, 0.4) is 0 Å². The van der Waals surface area contributed by atoms with Gasteiger partial charge in [0.2, 0.25) is 0 Å². The van der Waals surface area contributed by atoms with Crippen molar-refractivity contribution in [2.75, 3.05) is 0 Å². The van der Waals surface area contributed by atoms with Crippen molar-refractivity contribution in [3.8, 4) is 0 Å². The van der Waals surface area contributed by atoms with Crippen LogP contribution in [0.15, 0.2) is 42.2 Å². The first-order valence-electron chi connectivity index (χ1n) is 5.67. The van der Waals surface area contributed by atoms with Crippen LogP contribution in [0.5, 0.6) is 0 Å². The summed E-state index contributed by atoms with van der Waals surface area (Å²) in [7, 11) is 0. The van der Waals surface area contributed by atoms with Crippen LogP contribution in [0.2, 0.25) is 0 Å². The average Bonchev–Trinajstić information content (AvgIpc) is 2.85. The lowest BCUT2D eigenvalue weighted by Gasteiger charge is -2.13. The number of aliphatic hydroxyl groups is 1. The van der Waals surface area contributed by atoms with E-state index in [1.807, 2.05) is 30.5 Å². The molecule has 0 saturated heterocycles. The van der Waals surface area contributed by atoms with Crippen LogP contribution in [-0.4, -0.2) is 15.1 Å². The van der Waals surface area contributed by atoms with Gasteiger partial charge < -0.3 is 5.11 Å². The summed E-state index contributed by atoms with van der Waals surface area (Å²) in [6, 6.07) is 5.87. The zero-order chi connectivity index (χ0) is 12.5. The molecule has 3 nitrogen and oxygen atoms in total. The molecule has 0 radical (unpaired) electrons. The second kappa shape index (κ2) is 4.48. The summed E-state index contributed by atoms with van der Waals surface area (Å²) < 4.78 is 1.09. The first kappa shape index (κ1) is 11.3. The molecule has 4 heteroatoms. The van der Waals surface area contributed by atoms with E-state index in [-0.39, 0.29) is 0 Å². The monoisotopic (exact) mass is 256 g/mol. The van der Waals surface area contributed by atoms with Crippen molar-refractivity contribution in [2.24, 2.45) is 0 Å². The fraction of sp³-hybridized carbons (Fsp3) is 0.143. The summed E-state index contributed by atoms with van der Waals surface area (Å²) in [5.74, 6) is 0. The minimum Gasteiger partial charge on any atom is -0.384 e. The van der Waals surface area contributed by atoms with Gasteiger partial charge in [-0.15, -0.1) is 11.3 Å². The molecule has 0 aliphatic rings. The van der Waals surface area contributed by atoms with Crippen LogP contribution in [-0.2, 0) is 0 Å². The molecule has 3 heterocycles. The van der Waals surface area contributed by atoms with Crippen molar-refractivity contribution < 1.29 is 5.11 Å². The van der Waals surface area contributed by atoms with Gasteiger partial charge in [0.05, 0.1) is 10.2 Å². The van der Waals surface area contributed by atoms with Gasteiger partial charge in [-0.1, -0.05) is 0 Å². The van der Waals surface area contributed by atoms with E-state index in [9.17, 15) is 5.11 Å². The van der Waals surface area contributed by atoms with E-state index in [0.717, 1.165) is 26.9 Å². The van der Waals surface area contributed by atoms with E-state index in [1.54, 1.807) is 29.9 Å². The first-order valence-corrected chi connectivity index (χ1v) is 6.55. The number of hydrogen-bond donors (Lipinski definition) is 1. The Bertz CT molecular complexity index is 693. The molecule has 0 bridgehead atoms. The predicted molar refractivity (Wildman–Crippen MR) is 72.7 cm³/mol. The molecule has 90 valence electrons. The molecular weight excluding hydrogens is 244 g/mol. The first-order chi connectivity index (χ1) is 8.75. The zero-order valence-electron chi connectivity index (χ0n) is 9.87. The minimum absolute atomic E-state index is 0.669. The average molecular weight is 256 g/mol. The zero-order valence-corrected chi connectivity index (χ0v) is 10.7. The lowest BCUT2D eigenvalue weighted by Crippen LogP contribution is -2.02. The van der Waals surface area contributed by atoms with E-state index in [2.05, 4.69) is 9.97 Å². The summed E-state index contributed by atoms with van der Waals surface area (Å²) in [6.07, 6.45) is 4.49.